The van der Waals surface area contributed by atoms with Crippen molar-refractivity contribution in [3.8, 4) is 0 Å². The van der Waals surface area contributed by atoms with Gasteiger partial charge in [-0.3, -0.25) is 14.6 Å². The molecule has 0 radical (unpaired) electrons. The third kappa shape index (κ3) is 4.14. The fourth-order valence-electron chi connectivity index (χ4n) is 1.45. The van der Waals surface area contributed by atoms with Crippen LogP contribution in [-0.2, 0) is 20.9 Å². The Morgan fingerprint density at radius 1 is 1.56 bits per heavy atom. The normalized spacial score (nSPS) is 13.4. The maximum absolute atomic E-state index is 11.5. The molecule has 0 aromatic carbocycles. The number of nitrogens with zero attached hydrogens (tertiary/aromatic N) is 1. The summed E-state index contributed by atoms with van der Waals surface area (Å²) in [6, 6.07) is 4.79. The lowest BCUT2D eigenvalue weighted by Crippen LogP contribution is -2.49. The largest absolute Gasteiger partial charge is 0.370 e. The number of hydrogen-bond donors (Lipinski definition) is 2. The van der Waals surface area contributed by atoms with Crippen LogP contribution in [0.3, 0.4) is 0 Å². The van der Waals surface area contributed by atoms with E-state index in [9.17, 15) is 9.59 Å². The zero-order chi connectivity index (χ0) is 13.4. The Kier molecular flexibility index (Phi) is 5.79. The fraction of sp³-hybridized carbons (Fsp3) is 0.417. The van der Waals surface area contributed by atoms with Crippen LogP contribution in [0, 0.1) is 0 Å². The number of pyridine rings is 1. The summed E-state index contributed by atoms with van der Waals surface area (Å²) < 4.78 is 5.52. The van der Waals surface area contributed by atoms with Crippen LogP contribution in [0.2, 0.25) is 0 Å². The van der Waals surface area contributed by atoms with Crippen molar-refractivity contribution in [2.45, 2.75) is 25.7 Å². The summed E-state index contributed by atoms with van der Waals surface area (Å²) in [5.74, 6) is -0.296. The maximum atomic E-state index is 11.5. The van der Waals surface area contributed by atoms with E-state index in [2.05, 4.69) is 15.6 Å². The predicted molar refractivity (Wildman–Crippen MR) is 65.5 cm³/mol. The molecule has 18 heavy (non-hydrogen) atoms. The lowest BCUT2D eigenvalue weighted by Gasteiger charge is -2.21. The lowest BCUT2D eigenvalue weighted by molar-refractivity contribution is -0.129. The third-order valence-electron chi connectivity index (χ3n) is 2.47. The van der Waals surface area contributed by atoms with Crippen molar-refractivity contribution in [2.75, 3.05) is 7.05 Å². The quantitative estimate of drug-likeness (QED) is 0.660. The van der Waals surface area contributed by atoms with Crippen molar-refractivity contribution in [3.05, 3.63) is 30.1 Å². The molecule has 0 saturated heterocycles. The van der Waals surface area contributed by atoms with Gasteiger partial charge in [-0.15, -0.1) is 0 Å². The van der Waals surface area contributed by atoms with Crippen LogP contribution in [0.1, 0.15) is 12.6 Å². The molecule has 0 fully saturated rings. The van der Waals surface area contributed by atoms with Crippen LogP contribution in [-0.4, -0.2) is 36.5 Å². The third-order valence-corrected chi connectivity index (χ3v) is 2.47. The van der Waals surface area contributed by atoms with Gasteiger partial charge in [0.15, 0.2) is 0 Å². The van der Waals surface area contributed by atoms with Crippen LogP contribution in [0.5, 0.6) is 0 Å². The van der Waals surface area contributed by atoms with Gasteiger partial charge >= 0.3 is 0 Å². The molecule has 0 spiro atoms. The van der Waals surface area contributed by atoms with E-state index in [-0.39, 0.29) is 12.5 Å². The maximum Gasteiger partial charge on any atom is 0.245 e. The van der Waals surface area contributed by atoms with Crippen molar-refractivity contribution in [2.24, 2.45) is 0 Å². The van der Waals surface area contributed by atoms with Crippen molar-refractivity contribution in [3.63, 3.8) is 0 Å². The molecule has 2 atom stereocenters. The predicted octanol–water partition coefficient (Wildman–Crippen LogP) is -0.153. The standard InChI is InChI=1S/C12H17N3O3/c1-9(11(15-8-16)12(17)13-2)18-7-10-5-3-4-6-14-10/h3-6,8-9,11H,7H2,1-2H3,(H,13,17)(H,15,16). The number of ether oxygens (including phenoxy) is 1. The van der Waals surface area contributed by atoms with E-state index in [1.54, 1.807) is 13.1 Å². The first-order chi connectivity index (χ1) is 8.69. The minimum atomic E-state index is -0.712. The summed E-state index contributed by atoms with van der Waals surface area (Å²) in [5, 5.41) is 4.90. The topological polar surface area (TPSA) is 80.3 Å². The van der Waals surface area contributed by atoms with Crippen molar-refractivity contribution in [1.82, 2.24) is 15.6 Å². The highest BCUT2D eigenvalue weighted by Crippen LogP contribution is 2.04. The smallest absolute Gasteiger partial charge is 0.245 e. The first-order valence-corrected chi connectivity index (χ1v) is 5.61. The SMILES string of the molecule is CNC(=O)C(NC=O)C(C)OCc1ccccn1. The van der Waals surface area contributed by atoms with E-state index in [1.165, 1.54) is 7.05 Å². The molecule has 0 bridgehead atoms. The number of carbonyl (C=O) groups excluding carboxylic acids is 2. The van der Waals surface area contributed by atoms with E-state index in [0.29, 0.717) is 6.41 Å². The second-order valence-electron chi connectivity index (χ2n) is 3.71. The van der Waals surface area contributed by atoms with Gasteiger partial charge in [-0.25, -0.2) is 0 Å². The second-order valence-corrected chi connectivity index (χ2v) is 3.71. The Morgan fingerprint density at radius 2 is 2.33 bits per heavy atom. The molecule has 1 rings (SSSR count). The molecule has 98 valence electrons. The number of likely N-dealkylation sites (N-methyl/N-ethyl adjacent to an activating group) is 1. The Balaban J connectivity index is 2.53. The van der Waals surface area contributed by atoms with Gasteiger partial charge in [0.05, 0.1) is 18.4 Å². The number of rotatable bonds is 7. The number of amides is 2. The molecule has 1 aromatic rings. The number of nitrogens with one attached hydrogen (secondary N) is 2. The van der Waals surface area contributed by atoms with Gasteiger partial charge in [-0.2, -0.15) is 0 Å². The first-order valence-electron chi connectivity index (χ1n) is 5.61. The monoisotopic (exact) mass is 251 g/mol. The summed E-state index contributed by atoms with van der Waals surface area (Å²) in [6.07, 6.45) is 1.71. The molecule has 0 saturated carbocycles. The average molecular weight is 251 g/mol. The van der Waals surface area contributed by atoms with Gasteiger partial charge in [0.2, 0.25) is 12.3 Å². The molecular formula is C12H17N3O3. The van der Waals surface area contributed by atoms with Crippen LogP contribution >= 0.6 is 0 Å². The molecule has 1 heterocycles. The van der Waals surface area contributed by atoms with Gasteiger partial charge in [-0.05, 0) is 19.1 Å². The van der Waals surface area contributed by atoms with Gasteiger partial charge in [0.1, 0.15) is 6.04 Å². The second kappa shape index (κ2) is 7.39. The van der Waals surface area contributed by atoms with E-state index < -0.39 is 12.1 Å². The highest BCUT2D eigenvalue weighted by Gasteiger charge is 2.24. The molecule has 0 aliphatic carbocycles. The van der Waals surface area contributed by atoms with Crippen LogP contribution in [0.15, 0.2) is 24.4 Å². The molecule has 2 unspecified atom stereocenters. The van der Waals surface area contributed by atoms with Crippen LogP contribution < -0.4 is 10.6 Å². The number of aromatic nitrogens is 1. The molecule has 6 nitrogen and oxygen atoms in total. The van der Waals surface area contributed by atoms with Crippen LogP contribution in [0.4, 0.5) is 0 Å². The highest BCUT2D eigenvalue weighted by molar-refractivity contribution is 5.83. The minimum absolute atomic E-state index is 0.288. The Labute approximate surface area is 106 Å². The van der Waals surface area contributed by atoms with Crippen LogP contribution in [0.25, 0.3) is 0 Å². The minimum Gasteiger partial charge on any atom is -0.370 e. The van der Waals surface area contributed by atoms with Gasteiger partial charge in [-0.1, -0.05) is 6.07 Å². The van der Waals surface area contributed by atoms with Gasteiger partial charge in [0, 0.05) is 13.2 Å². The molecule has 2 N–H and O–H groups in total. The van der Waals surface area contributed by atoms with E-state index in [1.807, 2.05) is 18.2 Å². The van der Waals surface area contributed by atoms with E-state index in [4.69, 9.17) is 4.74 Å². The molecule has 2 amide bonds. The van der Waals surface area contributed by atoms with E-state index >= 15 is 0 Å². The molecule has 0 aliphatic heterocycles. The molecule has 6 heteroatoms. The summed E-state index contributed by atoms with van der Waals surface area (Å²) >= 11 is 0. The molecular weight excluding hydrogens is 234 g/mol. The molecule has 1 aromatic heterocycles. The summed E-state index contributed by atoms with van der Waals surface area (Å²) in [5.41, 5.74) is 0.770. The fourth-order valence-corrected chi connectivity index (χ4v) is 1.45. The van der Waals surface area contributed by atoms with E-state index in [0.717, 1.165) is 5.69 Å². The van der Waals surface area contributed by atoms with Gasteiger partial charge in [0.25, 0.3) is 0 Å². The van der Waals surface area contributed by atoms with Crippen molar-refractivity contribution >= 4 is 12.3 Å². The summed E-state index contributed by atoms with van der Waals surface area (Å²) in [7, 11) is 1.51. The Morgan fingerprint density at radius 3 is 2.89 bits per heavy atom. The highest BCUT2D eigenvalue weighted by atomic mass is 16.5. The Hall–Kier alpha value is -1.95. The van der Waals surface area contributed by atoms with Crippen molar-refractivity contribution < 1.29 is 14.3 Å². The van der Waals surface area contributed by atoms with Crippen molar-refractivity contribution in [1.29, 1.82) is 0 Å². The number of hydrogen-bond acceptors (Lipinski definition) is 4. The first kappa shape index (κ1) is 14.1. The summed E-state index contributed by atoms with van der Waals surface area (Å²) in [6.45, 7) is 2.01. The molecule has 0 aliphatic rings. The lowest BCUT2D eigenvalue weighted by atomic mass is 10.1. The Bertz CT molecular complexity index is 383. The number of carbonyl (C=O) groups is 2. The zero-order valence-electron chi connectivity index (χ0n) is 10.4. The summed E-state index contributed by atoms with van der Waals surface area (Å²) in [4.78, 5) is 26.1. The van der Waals surface area contributed by atoms with Gasteiger partial charge < -0.3 is 15.4 Å². The zero-order valence-corrected chi connectivity index (χ0v) is 10.4. The average Bonchev–Trinajstić information content (AvgIpc) is 2.42.